The predicted octanol–water partition coefficient (Wildman–Crippen LogP) is 0.332. The largest absolute Gasteiger partial charge is 0.378 e. The highest BCUT2D eigenvalue weighted by Gasteiger charge is 2.34. The van der Waals surface area contributed by atoms with Crippen molar-refractivity contribution in [3.8, 4) is 0 Å². The fourth-order valence-corrected chi connectivity index (χ4v) is 2.22. The Labute approximate surface area is 84.6 Å². The van der Waals surface area contributed by atoms with Crippen molar-refractivity contribution in [2.45, 2.75) is 44.9 Å². The molecule has 0 aromatic heterocycles. The Kier molecular flexibility index (Phi) is 2.74. The van der Waals surface area contributed by atoms with Crippen LogP contribution in [0.5, 0.6) is 0 Å². The molecule has 4 heteroatoms. The smallest absolute Gasteiger partial charge is 0.240 e. The molecule has 2 rings (SSSR count). The number of hydrogen-bond donors (Lipinski definition) is 1. The molecule has 0 aromatic rings. The van der Waals surface area contributed by atoms with Gasteiger partial charge in [0.05, 0.1) is 18.8 Å². The molecule has 80 valence electrons. The molecule has 1 amide bonds. The maximum atomic E-state index is 11.7. The highest BCUT2D eigenvalue weighted by molar-refractivity contribution is 5.83. The zero-order chi connectivity index (χ0) is 10.1. The van der Waals surface area contributed by atoms with E-state index in [4.69, 9.17) is 4.74 Å². The van der Waals surface area contributed by atoms with Crippen molar-refractivity contribution in [1.29, 1.82) is 0 Å². The van der Waals surface area contributed by atoms with Gasteiger partial charge in [0.2, 0.25) is 5.91 Å². The minimum absolute atomic E-state index is 0.00634. The van der Waals surface area contributed by atoms with Crippen LogP contribution in [0.25, 0.3) is 0 Å². The summed E-state index contributed by atoms with van der Waals surface area (Å²) in [6.45, 7) is 5.48. The number of hydrogen-bond acceptors (Lipinski definition) is 3. The van der Waals surface area contributed by atoms with Gasteiger partial charge < -0.3 is 9.64 Å². The van der Waals surface area contributed by atoms with Crippen molar-refractivity contribution in [2.75, 3.05) is 13.3 Å². The SMILES string of the molecule is CC1CC(N2CNC(C)C2=O)CCO1. The second-order valence-corrected chi connectivity index (χ2v) is 4.25. The van der Waals surface area contributed by atoms with Gasteiger partial charge in [-0.15, -0.1) is 0 Å². The lowest BCUT2D eigenvalue weighted by molar-refractivity contribution is -0.133. The number of ether oxygens (including phenoxy) is 1. The Morgan fingerprint density at radius 3 is 2.86 bits per heavy atom. The minimum atomic E-state index is -0.00634. The summed E-state index contributed by atoms with van der Waals surface area (Å²) in [6.07, 6.45) is 2.24. The van der Waals surface area contributed by atoms with Gasteiger partial charge in [-0.3, -0.25) is 10.1 Å². The topological polar surface area (TPSA) is 41.6 Å². The molecule has 0 aliphatic carbocycles. The van der Waals surface area contributed by atoms with E-state index >= 15 is 0 Å². The van der Waals surface area contributed by atoms with E-state index in [0.717, 1.165) is 19.4 Å². The standard InChI is InChI=1S/C10H18N2O2/c1-7-5-9(3-4-14-7)12-6-11-8(2)10(12)13/h7-9,11H,3-6H2,1-2H3. The Morgan fingerprint density at radius 1 is 1.50 bits per heavy atom. The molecule has 0 spiro atoms. The van der Waals surface area contributed by atoms with Gasteiger partial charge in [-0.05, 0) is 26.7 Å². The summed E-state index contributed by atoms with van der Waals surface area (Å²) in [5.41, 5.74) is 0. The van der Waals surface area contributed by atoms with Crippen LogP contribution in [0.1, 0.15) is 26.7 Å². The number of amides is 1. The molecule has 0 bridgehead atoms. The second-order valence-electron chi connectivity index (χ2n) is 4.25. The van der Waals surface area contributed by atoms with E-state index < -0.39 is 0 Å². The van der Waals surface area contributed by atoms with E-state index in [1.807, 2.05) is 11.8 Å². The Bertz CT molecular complexity index is 232. The molecule has 3 atom stereocenters. The highest BCUT2D eigenvalue weighted by atomic mass is 16.5. The number of rotatable bonds is 1. The second kappa shape index (κ2) is 3.87. The fourth-order valence-electron chi connectivity index (χ4n) is 2.22. The number of carbonyl (C=O) groups is 1. The summed E-state index contributed by atoms with van der Waals surface area (Å²) in [6, 6.07) is 0.372. The third-order valence-electron chi connectivity index (χ3n) is 3.12. The number of nitrogens with zero attached hydrogens (tertiary/aromatic N) is 1. The normalized spacial score (nSPS) is 39.1. The van der Waals surface area contributed by atoms with E-state index in [1.165, 1.54) is 0 Å². The molecule has 4 nitrogen and oxygen atoms in total. The molecule has 14 heavy (non-hydrogen) atoms. The molecular formula is C10H18N2O2. The van der Waals surface area contributed by atoms with Gasteiger partial charge in [0, 0.05) is 12.6 Å². The van der Waals surface area contributed by atoms with Crippen LogP contribution in [-0.4, -0.2) is 42.3 Å². The van der Waals surface area contributed by atoms with E-state index in [1.54, 1.807) is 0 Å². The summed E-state index contributed by atoms with van der Waals surface area (Å²) in [5, 5.41) is 3.17. The van der Waals surface area contributed by atoms with Crippen LogP contribution in [0.2, 0.25) is 0 Å². The average Bonchev–Trinajstić information content (AvgIpc) is 2.48. The van der Waals surface area contributed by atoms with Crippen molar-refractivity contribution in [3.63, 3.8) is 0 Å². The highest BCUT2D eigenvalue weighted by Crippen LogP contribution is 2.21. The quantitative estimate of drug-likeness (QED) is 0.660. The predicted molar refractivity (Wildman–Crippen MR) is 52.7 cm³/mol. The van der Waals surface area contributed by atoms with Crippen molar-refractivity contribution in [1.82, 2.24) is 10.2 Å². The first-order chi connectivity index (χ1) is 6.68. The van der Waals surface area contributed by atoms with Crippen LogP contribution in [0.3, 0.4) is 0 Å². The first kappa shape index (κ1) is 9.93. The summed E-state index contributed by atoms with van der Waals surface area (Å²) in [5.74, 6) is 0.240. The summed E-state index contributed by atoms with van der Waals surface area (Å²) < 4.78 is 5.47. The van der Waals surface area contributed by atoms with Crippen LogP contribution >= 0.6 is 0 Å². The van der Waals surface area contributed by atoms with Crippen LogP contribution in [0.4, 0.5) is 0 Å². The van der Waals surface area contributed by atoms with Crippen molar-refractivity contribution >= 4 is 5.91 Å². The molecule has 2 aliphatic rings. The zero-order valence-electron chi connectivity index (χ0n) is 8.82. The first-order valence-corrected chi connectivity index (χ1v) is 5.34. The van der Waals surface area contributed by atoms with Crippen LogP contribution in [0, 0.1) is 0 Å². The lowest BCUT2D eigenvalue weighted by atomic mass is 10.0. The molecule has 0 aromatic carbocycles. The van der Waals surface area contributed by atoms with Gasteiger partial charge in [-0.2, -0.15) is 0 Å². The number of nitrogens with one attached hydrogen (secondary N) is 1. The zero-order valence-corrected chi connectivity index (χ0v) is 8.82. The van der Waals surface area contributed by atoms with Gasteiger partial charge in [0.1, 0.15) is 0 Å². The van der Waals surface area contributed by atoms with Crippen LogP contribution in [-0.2, 0) is 9.53 Å². The van der Waals surface area contributed by atoms with Gasteiger partial charge in [0.15, 0.2) is 0 Å². The van der Waals surface area contributed by atoms with Crippen molar-refractivity contribution in [2.24, 2.45) is 0 Å². The van der Waals surface area contributed by atoms with E-state index in [9.17, 15) is 4.79 Å². The number of carbonyl (C=O) groups excluding carboxylic acids is 1. The van der Waals surface area contributed by atoms with Crippen molar-refractivity contribution < 1.29 is 9.53 Å². The van der Waals surface area contributed by atoms with E-state index in [-0.39, 0.29) is 18.1 Å². The lowest BCUT2D eigenvalue weighted by Crippen LogP contribution is -2.43. The average molecular weight is 198 g/mol. The molecule has 1 N–H and O–H groups in total. The van der Waals surface area contributed by atoms with Crippen LogP contribution in [0.15, 0.2) is 0 Å². The lowest BCUT2D eigenvalue weighted by Gasteiger charge is -2.33. The molecular weight excluding hydrogens is 180 g/mol. The third kappa shape index (κ3) is 1.77. The fraction of sp³-hybridized carbons (Fsp3) is 0.900. The monoisotopic (exact) mass is 198 g/mol. The Hall–Kier alpha value is -0.610. The third-order valence-corrected chi connectivity index (χ3v) is 3.12. The van der Waals surface area contributed by atoms with E-state index in [2.05, 4.69) is 12.2 Å². The van der Waals surface area contributed by atoms with Gasteiger partial charge in [-0.25, -0.2) is 0 Å². The molecule has 2 heterocycles. The van der Waals surface area contributed by atoms with Crippen LogP contribution < -0.4 is 5.32 Å². The summed E-state index contributed by atoms with van der Waals surface area (Å²) in [7, 11) is 0. The first-order valence-electron chi connectivity index (χ1n) is 5.34. The Morgan fingerprint density at radius 2 is 2.29 bits per heavy atom. The van der Waals surface area contributed by atoms with Gasteiger partial charge in [-0.1, -0.05) is 0 Å². The Balaban J connectivity index is 1.97. The molecule has 2 saturated heterocycles. The maximum absolute atomic E-state index is 11.7. The molecule has 2 aliphatic heterocycles. The minimum Gasteiger partial charge on any atom is -0.378 e. The molecule has 3 unspecified atom stereocenters. The van der Waals surface area contributed by atoms with Gasteiger partial charge >= 0.3 is 0 Å². The summed E-state index contributed by atoms with van der Waals surface area (Å²) in [4.78, 5) is 13.7. The summed E-state index contributed by atoms with van der Waals surface area (Å²) >= 11 is 0. The van der Waals surface area contributed by atoms with E-state index in [0.29, 0.717) is 12.7 Å². The molecule has 0 saturated carbocycles. The molecule has 0 radical (unpaired) electrons. The molecule has 2 fully saturated rings. The van der Waals surface area contributed by atoms with Crippen molar-refractivity contribution in [3.05, 3.63) is 0 Å². The maximum Gasteiger partial charge on any atom is 0.240 e. The van der Waals surface area contributed by atoms with Gasteiger partial charge in [0.25, 0.3) is 0 Å².